The minimum Gasteiger partial charge on any atom is -0.497 e. The molecule has 0 radical (unpaired) electrons. The van der Waals surface area contributed by atoms with E-state index in [0.29, 0.717) is 12.6 Å². The van der Waals surface area contributed by atoms with E-state index in [1.165, 1.54) is 25.7 Å². The Morgan fingerprint density at radius 1 is 1.21 bits per heavy atom. The predicted octanol–water partition coefficient (Wildman–Crippen LogP) is 3.50. The van der Waals surface area contributed by atoms with Crippen molar-refractivity contribution in [3.05, 3.63) is 23.8 Å². The molecule has 106 valence electrons. The summed E-state index contributed by atoms with van der Waals surface area (Å²) in [7, 11) is 1.67. The number of nitrogens with two attached hydrogens (primary N) is 1. The molecule has 1 aliphatic rings. The van der Waals surface area contributed by atoms with Gasteiger partial charge in [-0.1, -0.05) is 19.8 Å². The van der Waals surface area contributed by atoms with Gasteiger partial charge in [-0.05, 0) is 42.9 Å². The molecule has 3 nitrogen and oxygen atoms in total. The van der Waals surface area contributed by atoms with Crippen LogP contribution >= 0.6 is 0 Å². The van der Waals surface area contributed by atoms with E-state index in [1.54, 1.807) is 7.11 Å². The Balaban J connectivity index is 2.05. The van der Waals surface area contributed by atoms with E-state index in [2.05, 4.69) is 6.92 Å². The second-order valence-electron chi connectivity index (χ2n) is 5.40. The van der Waals surface area contributed by atoms with Crippen LogP contribution in [0.3, 0.4) is 0 Å². The van der Waals surface area contributed by atoms with Crippen molar-refractivity contribution in [2.75, 3.05) is 7.11 Å². The fourth-order valence-electron chi connectivity index (χ4n) is 2.85. The van der Waals surface area contributed by atoms with Crippen molar-refractivity contribution < 1.29 is 9.47 Å². The van der Waals surface area contributed by atoms with Crippen LogP contribution in [0.4, 0.5) is 0 Å². The van der Waals surface area contributed by atoms with Crippen LogP contribution < -0.4 is 15.2 Å². The lowest BCUT2D eigenvalue weighted by Crippen LogP contribution is -2.25. The Morgan fingerprint density at radius 2 is 2.00 bits per heavy atom. The van der Waals surface area contributed by atoms with Crippen molar-refractivity contribution in [3.63, 3.8) is 0 Å². The van der Waals surface area contributed by atoms with E-state index in [0.717, 1.165) is 29.4 Å². The summed E-state index contributed by atoms with van der Waals surface area (Å²) in [6.07, 6.45) is 6.55. The lowest BCUT2D eigenvalue weighted by Gasteiger charge is -2.29. The number of hydrogen-bond donors (Lipinski definition) is 1. The van der Waals surface area contributed by atoms with Gasteiger partial charge in [0.15, 0.2) is 0 Å². The van der Waals surface area contributed by atoms with Crippen molar-refractivity contribution in [1.82, 2.24) is 0 Å². The summed E-state index contributed by atoms with van der Waals surface area (Å²) in [5.74, 6) is 2.53. The molecule has 0 bridgehead atoms. The first-order valence-electron chi connectivity index (χ1n) is 7.29. The molecule has 1 saturated carbocycles. The third kappa shape index (κ3) is 3.87. The molecule has 2 N–H and O–H groups in total. The van der Waals surface area contributed by atoms with Crippen LogP contribution in [-0.4, -0.2) is 13.2 Å². The zero-order chi connectivity index (χ0) is 13.7. The van der Waals surface area contributed by atoms with Crippen LogP contribution in [-0.2, 0) is 6.54 Å². The second-order valence-corrected chi connectivity index (χ2v) is 5.40. The molecule has 2 unspecified atom stereocenters. The minimum absolute atomic E-state index is 0.344. The summed E-state index contributed by atoms with van der Waals surface area (Å²) in [5, 5.41) is 0. The summed E-state index contributed by atoms with van der Waals surface area (Å²) in [4.78, 5) is 0. The van der Waals surface area contributed by atoms with Crippen LogP contribution in [0.5, 0.6) is 11.5 Å². The van der Waals surface area contributed by atoms with E-state index in [-0.39, 0.29) is 0 Å². The number of ether oxygens (including phenoxy) is 2. The first-order chi connectivity index (χ1) is 9.25. The number of hydrogen-bond acceptors (Lipinski definition) is 3. The third-order valence-electron chi connectivity index (χ3n) is 4.03. The average molecular weight is 263 g/mol. The van der Waals surface area contributed by atoms with Crippen molar-refractivity contribution in [3.8, 4) is 11.5 Å². The maximum atomic E-state index is 6.14. The highest BCUT2D eigenvalue weighted by Gasteiger charge is 2.22. The Hall–Kier alpha value is -1.22. The van der Waals surface area contributed by atoms with Crippen molar-refractivity contribution in [2.24, 2.45) is 11.7 Å². The van der Waals surface area contributed by atoms with Crippen LogP contribution in [0.25, 0.3) is 0 Å². The highest BCUT2D eigenvalue weighted by atomic mass is 16.5. The third-order valence-corrected chi connectivity index (χ3v) is 4.03. The quantitative estimate of drug-likeness (QED) is 0.884. The zero-order valence-corrected chi connectivity index (χ0v) is 12.0. The molecule has 1 fully saturated rings. The van der Waals surface area contributed by atoms with Gasteiger partial charge < -0.3 is 15.2 Å². The maximum Gasteiger partial charge on any atom is 0.123 e. The van der Waals surface area contributed by atoms with E-state index in [9.17, 15) is 0 Å². The lowest BCUT2D eigenvalue weighted by atomic mass is 9.85. The minimum atomic E-state index is 0.344. The topological polar surface area (TPSA) is 44.5 Å². The first kappa shape index (κ1) is 14.2. The average Bonchev–Trinajstić information content (AvgIpc) is 2.47. The summed E-state index contributed by atoms with van der Waals surface area (Å²) in [6.45, 7) is 2.78. The molecule has 2 atom stereocenters. The molecule has 19 heavy (non-hydrogen) atoms. The standard InChI is InChI=1S/C16H25NO2/c1-3-12-5-4-6-14(7-12)19-16-9-13(11-17)8-15(10-16)18-2/h8-10,12,14H,3-7,11,17H2,1-2H3. The molecule has 0 heterocycles. The van der Waals surface area contributed by atoms with E-state index in [4.69, 9.17) is 15.2 Å². The number of methoxy groups -OCH3 is 1. The Kier molecular flexibility index (Phi) is 5.08. The van der Waals surface area contributed by atoms with Crippen LogP contribution in [0.1, 0.15) is 44.6 Å². The number of rotatable bonds is 5. The summed E-state index contributed by atoms with van der Waals surface area (Å²) < 4.78 is 11.4. The molecular formula is C16H25NO2. The predicted molar refractivity (Wildman–Crippen MR) is 77.6 cm³/mol. The largest absolute Gasteiger partial charge is 0.497 e. The highest BCUT2D eigenvalue weighted by molar-refractivity contribution is 5.38. The zero-order valence-electron chi connectivity index (χ0n) is 12.0. The van der Waals surface area contributed by atoms with Crippen molar-refractivity contribution in [1.29, 1.82) is 0 Å². The summed E-state index contributed by atoms with van der Waals surface area (Å²) in [5.41, 5.74) is 6.76. The smallest absolute Gasteiger partial charge is 0.123 e. The van der Waals surface area contributed by atoms with Crippen LogP contribution in [0.15, 0.2) is 18.2 Å². The first-order valence-corrected chi connectivity index (χ1v) is 7.29. The van der Waals surface area contributed by atoms with Gasteiger partial charge in [0, 0.05) is 12.6 Å². The molecule has 3 heteroatoms. The monoisotopic (exact) mass is 263 g/mol. The van der Waals surface area contributed by atoms with Gasteiger partial charge in [0.1, 0.15) is 11.5 Å². The number of benzene rings is 1. The van der Waals surface area contributed by atoms with Gasteiger partial charge in [0.2, 0.25) is 0 Å². The normalized spacial score (nSPS) is 23.1. The Morgan fingerprint density at radius 3 is 2.68 bits per heavy atom. The van der Waals surface area contributed by atoms with Gasteiger partial charge in [0.05, 0.1) is 13.2 Å². The molecule has 0 aromatic heterocycles. The van der Waals surface area contributed by atoms with E-state index < -0.39 is 0 Å². The van der Waals surface area contributed by atoms with E-state index in [1.807, 2.05) is 18.2 Å². The molecule has 0 amide bonds. The molecule has 0 saturated heterocycles. The van der Waals surface area contributed by atoms with Crippen LogP contribution in [0, 0.1) is 5.92 Å². The summed E-state index contributed by atoms with van der Waals surface area (Å²) in [6, 6.07) is 5.94. The van der Waals surface area contributed by atoms with Gasteiger partial charge >= 0.3 is 0 Å². The van der Waals surface area contributed by atoms with Gasteiger partial charge in [-0.25, -0.2) is 0 Å². The highest BCUT2D eigenvalue weighted by Crippen LogP contribution is 2.31. The van der Waals surface area contributed by atoms with Gasteiger partial charge in [-0.3, -0.25) is 0 Å². The molecule has 1 aromatic rings. The Bertz CT molecular complexity index is 383. The molecule has 1 aliphatic carbocycles. The van der Waals surface area contributed by atoms with Gasteiger partial charge in [0.25, 0.3) is 0 Å². The maximum absolute atomic E-state index is 6.14. The van der Waals surface area contributed by atoms with Gasteiger partial charge in [-0.15, -0.1) is 0 Å². The summed E-state index contributed by atoms with van der Waals surface area (Å²) >= 11 is 0. The lowest BCUT2D eigenvalue weighted by molar-refractivity contribution is 0.121. The van der Waals surface area contributed by atoms with Crippen molar-refractivity contribution in [2.45, 2.75) is 51.7 Å². The SMILES string of the molecule is CCC1CCCC(Oc2cc(CN)cc(OC)c2)C1. The molecule has 1 aromatic carbocycles. The fraction of sp³-hybridized carbons (Fsp3) is 0.625. The molecule has 0 aliphatic heterocycles. The molecule has 0 spiro atoms. The van der Waals surface area contributed by atoms with E-state index >= 15 is 0 Å². The van der Waals surface area contributed by atoms with Gasteiger partial charge in [-0.2, -0.15) is 0 Å². The molecule has 2 rings (SSSR count). The fourth-order valence-corrected chi connectivity index (χ4v) is 2.85. The second kappa shape index (κ2) is 6.80. The van der Waals surface area contributed by atoms with Crippen LogP contribution in [0.2, 0.25) is 0 Å². The van der Waals surface area contributed by atoms with Crippen molar-refractivity contribution >= 4 is 0 Å². The Labute approximate surface area is 116 Å². The molecular weight excluding hydrogens is 238 g/mol.